The summed E-state index contributed by atoms with van der Waals surface area (Å²) in [4.78, 5) is 23.0. The highest BCUT2D eigenvalue weighted by Gasteiger charge is 2.12. The van der Waals surface area contributed by atoms with E-state index in [9.17, 15) is 4.79 Å². The lowest BCUT2D eigenvalue weighted by Crippen LogP contribution is -2.38. The number of carbonyl (C=O) groups excluding carboxylic acids is 1. The Kier molecular flexibility index (Phi) is 11.1. The minimum absolute atomic E-state index is 0. The van der Waals surface area contributed by atoms with Gasteiger partial charge in [0.1, 0.15) is 11.1 Å². The van der Waals surface area contributed by atoms with Gasteiger partial charge in [-0.2, -0.15) is 0 Å². The number of halogens is 1. The third kappa shape index (κ3) is 7.56. The van der Waals surface area contributed by atoms with Crippen LogP contribution in [0.2, 0.25) is 0 Å². The van der Waals surface area contributed by atoms with Crippen LogP contribution in [0.25, 0.3) is 0 Å². The van der Waals surface area contributed by atoms with E-state index in [2.05, 4.69) is 25.9 Å². The lowest BCUT2D eigenvalue weighted by molar-refractivity contribution is 0.0963. The van der Waals surface area contributed by atoms with Crippen LogP contribution in [0.5, 0.6) is 0 Å². The van der Waals surface area contributed by atoms with Crippen molar-refractivity contribution < 1.29 is 9.53 Å². The molecule has 0 aliphatic rings. The molecule has 2 aromatic rings. The molecule has 2 rings (SSSR count). The summed E-state index contributed by atoms with van der Waals surface area (Å²) < 4.78 is 5.33. The topological polar surface area (TPSA) is 78.9 Å². The van der Waals surface area contributed by atoms with Crippen LogP contribution in [-0.4, -0.2) is 49.5 Å². The number of methoxy groups -OCH3 is 1. The van der Waals surface area contributed by atoms with Crippen molar-refractivity contribution in [3.8, 4) is 0 Å². The highest BCUT2D eigenvalue weighted by Crippen LogP contribution is 2.21. The molecule has 0 fully saturated rings. The fraction of sp³-hybridized carbons (Fsp3) is 0.450. The maximum Gasteiger partial charge on any atom is 0.251 e. The number of aliphatic imine (C=N–C) groups is 1. The highest BCUT2D eigenvalue weighted by atomic mass is 127. The van der Waals surface area contributed by atoms with Gasteiger partial charge in [-0.25, -0.2) is 9.98 Å². The van der Waals surface area contributed by atoms with Gasteiger partial charge < -0.3 is 20.3 Å². The Hall–Kier alpha value is -1.72. The Morgan fingerprint density at radius 1 is 1.34 bits per heavy atom. The Bertz CT molecular complexity index is 794. The smallest absolute Gasteiger partial charge is 0.251 e. The summed E-state index contributed by atoms with van der Waals surface area (Å²) in [5.74, 6) is 0.723. The van der Waals surface area contributed by atoms with E-state index in [-0.39, 0.29) is 36.0 Å². The average molecular weight is 531 g/mol. The number of guanidine groups is 1. The normalized spacial score (nSPS) is 12.1. The number of aromatic nitrogens is 1. The third-order valence-corrected chi connectivity index (χ3v) is 5.28. The molecule has 1 amide bonds. The Balaban J connectivity index is 0.00000420. The molecule has 7 nitrogen and oxygen atoms in total. The monoisotopic (exact) mass is 531 g/mol. The van der Waals surface area contributed by atoms with Crippen LogP contribution in [0.15, 0.2) is 34.6 Å². The first-order chi connectivity index (χ1) is 13.5. The summed E-state index contributed by atoms with van der Waals surface area (Å²) in [5, 5.41) is 8.97. The van der Waals surface area contributed by atoms with Crippen molar-refractivity contribution in [1.29, 1.82) is 0 Å². The molecule has 2 N–H and O–H groups in total. The molecule has 0 radical (unpaired) electrons. The molecular formula is C20H30IN5O2S. The molecule has 0 aliphatic heterocycles. The Labute approximate surface area is 194 Å². The van der Waals surface area contributed by atoms with E-state index < -0.39 is 0 Å². The lowest BCUT2D eigenvalue weighted by Gasteiger charge is -2.21. The summed E-state index contributed by atoms with van der Waals surface area (Å²) in [6.07, 6.45) is 0.00345. The summed E-state index contributed by atoms with van der Waals surface area (Å²) in [6.45, 7) is 6.01. The zero-order valence-corrected chi connectivity index (χ0v) is 20.7. The molecular weight excluding hydrogens is 501 g/mol. The lowest BCUT2D eigenvalue weighted by atomic mass is 10.1. The molecule has 1 heterocycles. The van der Waals surface area contributed by atoms with Gasteiger partial charge in [-0.3, -0.25) is 4.79 Å². The quantitative estimate of drug-likeness (QED) is 0.310. The largest absolute Gasteiger partial charge is 0.375 e. The molecule has 1 atom stereocenters. The molecule has 0 saturated carbocycles. The summed E-state index contributed by atoms with van der Waals surface area (Å²) >= 11 is 1.61. The second kappa shape index (κ2) is 12.8. The van der Waals surface area contributed by atoms with Crippen LogP contribution in [0.4, 0.5) is 0 Å². The number of nitrogens with zero attached hydrogens (tertiary/aromatic N) is 3. The molecule has 1 aromatic carbocycles. The third-order valence-electron chi connectivity index (χ3n) is 4.22. The Morgan fingerprint density at radius 2 is 2.03 bits per heavy atom. The average Bonchev–Trinajstić information content (AvgIpc) is 3.18. The fourth-order valence-electron chi connectivity index (χ4n) is 2.54. The van der Waals surface area contributed by atoms with E-state index in [4.69, 9.17) is 9.73 Å². The first kappa shape index (κ1) is 25.3. The van der Waals surface area contributed by atoms with Crippen molar-refractivity contribution in [2.75, 3.05) is 27.7 Å². The molecule has 1 aromatic heterocycles. The summed E-state index contributed by atoms with van der Waals surface area (Å²) in [7, 11) is 5.31. The minimum atomic E-state index is -0.0893. The Morgan fingerprint density at radius 3 is 2.62 bits per heavy atom. The van der Waals surface area contributed by atoms with Crippen LogP contribution in [0.3, 0.4) is 0 Å². The van der Waals surface area contributed by atoms with Crippen LogP contribution in [-0.2, 0) is 17.8 Å². The van der Waals surface area contributed by atoms with Gasteiger partial charge in [0.2, 0.25) is 0 Å². The first-order valence-electron chi connectivity index (χ1n) is 9.26. The van der Waals surface area contributed by atoms with Crippen LogP contribution < -0.4 is 10.6 Å². The van der Waals surface area contributed by atoms with E-state index in [0.717, 1.165) is 28.8 Å². The number of rotatable bonds is 8. The highest BCUT2D eigenvalue weighted by molar-refractivity contribution is 14.0. The van der Waals surface area contributed by atoms with E-state index in [0.29, 0.717) is 18.7 Å². The van der Waals surface area contributed by atoms with E-state index in [1.165, 1.54) is 0 Å². The summed E-state index contributed by atoms with van der Waals surface area (Å²) in [6, 6.07) is 7.48. The van der Waals surface area contributed by atoms with Gasteiger partial charge in [0.05, 0.1) is 18.8 Å². The fourth-order valence-corrected chi connectivity index (χ4v) is 3.38. The zero-order valence-electron chi connectivity index (χ0n) is 17.6. The van der Waals surface area contributed by atoms with E-state index in [1.54, 1.807) is 25.5 Å². The SMILES string of the molecule is CCNC(=NCc1ccc(C(=O)NC)cc1)N(C)Cc1csc(C(C)OC)n1.I. The van der Waals surface area contributed by atoms with Gasteiger partial charge in [0.15, 0.2) is 5.96 Å². The number of nitrogens with one attached hydrogen (secondary N) is 2. The molecule has 0 saturated heterocycles. The van der Waals surface area contributed by atoms with Crippen molar-refractivity contribution in [2.24, 2.45) is 4.99 Å². The molecule has 29 heavy (non-hydrogen) atoms. The van der Waals surface area contributed by atoms with E-state index >= 15 is 0 Å². The van der Waals surface area contributed by atoms with Gasteiger partial charge in [-0.1, -0.05) is 12.1 Å². The number of amides is 1. The maximum absolute atomic E-state index is 11.6. The zero-order chi connectivity index (χ0) is 20.5. The van der Waals surface area contributed by atoms with Crippen molar-refractivity contribution in [2.45, 2.75) is 33.0 Å². The van der Waals surface area contributed by atoms with Crippen LogP contribution >= 0.6 is 35.3 Å². The van der Waals surface area contributed by atoms with E-state index in [1.807, 2.05) is 45.2 Å². The number of ether oxygens (including phenoxy) is 1. The van der Waals surface area contributed by atoms with Crippen molar-refractivity contribution >= 4 is 47.2 Å². The van der Waals surface area contributed by atoms with Gasteiger partial charge in [0.25, 0.3) is 5.91 Å². The first-order valence-corrected chi connectivity index (χ1v) is 10.1. The van der Waals surface area contributed by atoms with Gasteiger partial charge in [0, 0.05) is 38.7 Å². The number of benzene rings is 1. The number of carbonyl (C=O) groups is 1. The predicted molar refractivity (Wildman–Crippen MR) is 129 cm³/mol. The van der Waals surface area contributed by atoms with Gasteiger partial charge in [-0.05, 0) is 31.5 Å². The molecule has 9 heteroatoms. The van der Waals surface area contributed by atoms with Crippen molar-refractivity contribution in [1.82, 2.24) is 20.5 Å². The second-order valence-electron chi connectivity index (χ2n) is 6.36. The minimum Gasteiger partial charge on any atom is -0.375 e. The predicted octanol–water partition coefficient (Wildman–Crippen LogP) is 3.43. The van der Waals surface area contributed by atoms with Crippen molar-refractivity contribution in [3.05, 3.63) is 51.5 Å². The van der Waals surface area contributed by atoms with Gasteiger partial charge >= 0.3 is 0 Å². The number of hydrogen-bond donors (Lipinski definition) is 2. The maximum atomic E-state index is 11.6. The number of hydrogen-bond acceptors (Lipinski definition) is 5. The second-order valence-corrected chi connectivity index (χ2v) is 7.25. The van der Waals surface area contributed by atoms with Crippen LogP contribution in [0, 0.1) is 0 Å². The standard InChI is InChI=1S/C20H29N5O2S.HI/c1-6-22-20(23-11-15-7-9-16(10-8-15)18(26)21-3)25(4)12-17-13-28-19(24-17)14(2)27-5;/h7-10,13-14H,6,11-12H2,1-5H3,(H,21,26)(H,22,23);1H. The molecule has 0 spiro atoms. The van der Waals surface area contributed by atoms with Gasteiger partial charge in [-0.15, -0.1) is 35.3 Å². The number of thiazole rings is 1. The molecule has 1 unspecified atom stereocenters. The molecule has 160 valence electrons. The molecule has 0 aliphatic carbocycles. The molecule has 0 bridgehead atoms. The van der Waals surface area contributed by atoms with Crippen LogP contribution in [0.1, 0.15) is 46.6 Å². The van der Waals surface area contributed by atoms with Crippen molar-refractivity contribution in [3.63, 3.8) is 0 Å². The summed E-state index contributed by atoms with van der Waals surface area (Å²) in [5.41, 5.74) is 2.68.